The second kappa shape index (κ2) is 7.23. The molecule has 1 amide bonds. The maximum Gasteiger partial charge on any atom is 0.219 e. The van der Waals surface area contributed by atoms with Gasteiger partial charge in [0, 0.05) is 37.1 Å². The molecule has 1 aliphatic rings. The molecule has 0 saturated carbocycles. The smallest absolute Gasteiger partial charge is 0.219 e. The Morgan fingerprint density at radius 3 is 2.95 bits per heavy atom. The lowest BCUT2D eigenvalue weighted by molar-refractivity contribution is -0.131. The van der Waals surface area contributed by atoms with E-state index in [-0.39, 0.29) is 5.91 Å². The number of nitrogens with zero attached hydrogens (tertiary/aromatic N) is 1. The van der Waals surface area contributed by atoms with E-state index in [2.05, 4.69) is 46.4 Å². The van der Waals surface area contributed by atoms with E-state index in [9.17, 15) is 4.79 Å². The maximum atomic E-state index is 11.5. The van der Waals surface area contributed by atoms with Gasteiger partial charge in [0.1, 0.15) is 0 Å². The van der Waals surface area contributed by atoms with Crippen LogP contribution in [0.3, 0.4) is 0 Å². The molecule has 1 aliphatic heterocycles. The summed E-state index contributed by atoms with van der Waals surface area (Å²) < 4.78 is 1.12. The molecule has 2 atom stereocenters. The van der Waals surface area contributed by atoms with E-state index < -0.39 is 0 Å². The van der Waals surface area contributed by atoms with Crippen LogP contribution in [-0.2, 0) is 11.3 Å². The highest BCUT2D eigenvalue weighted by atomic mass is 79.9. The molecule has 1 heterocycles. The maximum absolute atomic E-state index is 11.5. The Hall–Kier alpha value is -0.870. The van der Waals surface area contributed by atoms with Crippen molar-refractivity contribution in [3.63, 3.8) is 0 Å². The summed E-state index contributed by atoms with van der Waals surface area (Å²) in [5.41, 5.74) is 1.29. The zero-order valence-corrected chi connectivity index (χ0v) is 13.8. The first-order chi connectivity index (χ1) is 9.60. The topological polar surface area (TPSA) is 32.3 Å². The van der Waals surface area contributed by atoms with Gasteiger partial charge in [0.25, 0.3) is 0 Å². The fraction of sp³-hybridized carbons (Fsp3) is 0.562. The highest BCUT2D eigenvalue weighted by Crippen LogP contribution is 2.21. The van der Waals surface area contributed by atoms with E-state index >= 15 is 0 Å². The summed E-state index contributed by atoms with van der Waals surface area (Å²) >= 11 is 3.51. The molecule has 0 bridgehead atoms. The van der Waals surface area contributed by atoms with Crippen molar-refractivity contribution in [1.82, 2.24) is 10.2 Å². The summed E-state index contributed by atoms with van der Waals surface area (Å²) in [6.07, 6.45) is 2.16. The number of carbonyl (C=O) groups excluding carboxylic acids is 1. The molecule has 0 spiro atoms. The van der Waals surface area contributed by atoms with Gasteiger partial charge in [-0.1, -0.05) is 41.4 Å². The number of likely N-dealkylation sites (tertiary alicyclic amines) is 1. The Bertz CT molecular complexity index is 464. The number of hydrogen-bond donors (Lipinski definition) is 1. The SMILES string of the molecule is CCC1CN(C(C)=O)CCC1NCc1cccc(Br)c1. The molecule has 20 heavy (non-hydrogen) atoms. The van der Waals surface area contributed by atoms with E-state index in [1.165, 1.54) is 5.56 Å². The monoisotopic (exact) mass is 338 g/mol. The molecule has 2 unspecified atom stereocenters. The fourth-order valence-electron chi connectivity index (χ4n) is 2.90. The zero-order valence-electron chi connectivity index (χ0n) is 12.2. The summed E-state index contributed by atoms with van der Waals surface area (Å²) in [5, 5.41) is 3.67. The summed E-state index contributed by atoms with van der Waals surface area (Å²) in [7, 11) is 0. The minimum Gasteiger partial charge on any atom is -0.343 e. The van der Waals surface area contributed by atoms with Crippen LogP contribution < -0.4 is 5.32 Å². The molecule has 1 aromatic rings. The van der Waals surface area contributed by atoms with Gasteiger partial charge in [-0.3, -0.25) is 4.79 Å². The van der Waals surface area contributed by atoms with Crippen LogP contribution in [0.1, 0.15) is 32.3 Å². The van der Waals surface area contributed by atoms with Crippen LogP contribution >= 0.6 is 15.9 Å². The molecule has 3 nitrogen and oxygen atoms in total. The number of carbonyl (C=O) groups is 1. The summed E-state index contributed by atoms with van der Waals surface area (Å²) in [6, 6.07) is 8.91. The van der Waals surface area contributed by atoms with Crippen molar-refractivity contribution < 1.29 is 4.79 Å². The number of amides is 1. The molecular formula is C16H23BrN2O. The lowest BCUT2D eigenvalue weighted by atomic mass is 9.89. The highest BCUT2D eigenvalue weighted by molar-refractivity contribution is 9.10. The molecule has 0 aromatic heterocycles. The van der Waals surface area contributed by atoms with Crippen LogP contribution in [0.5, 0.6) is 0 Å². The molecule has 1 fully saturated rings. The summed E-state index contributed by atoms with van der Waals surface area (Å²) in [6.45, 7) is 6.54. The quantitative estimate of drug-likeness (QED) is 0.914. The van der Waals surface area contributed by atoms with Crippen LogP contribution in [0.4, 0.5) is 0 Å². The predicted molar refractivity (Wildman–Crippen MR) is 85.4 cm³/mol. The standard InChI is InChI=1S/C16H23BrN2O/c1-3-14-11-19(12(2)20)8-7-16(14)18-10-13-5-4-6-15(17)9-13/h4-6,9,14,16,18H,3,7-8,10-11H2,1-2H3. The molecular weight excluding hydrogens is 316 g/mol. The molecule has 0 aliphatic carbocycles. The van der Waals surface area contributed by atoms with Crippen molar-refractivity contribution in [3.05, 3.63) is 34.3 Å². The van der Waals surface area contributed by atoms with Crippen molar-refractivity contribution in [1.29, 1.82) is 0 Å². The molecule has 2 rings (SSSR count). The number of nitrogens with one attached hydrogen (secondary N) is 1. The summed E-state index contributed by atoms with van der Waals surface area (Å²) in [4.78, 5) is 13.5. The van der Waals surface area contributed by atoms with Crippen molar-refractivity contribution in [2.45, 2.75) is 39.3 Å². The van der Waals surface area contributed by atoms with Crippen LogP contribution in [0.25, 0.3) is 0 Å². The van der Waals surface area contributed by atoms with Gasteiger partial charge in [-0.05, 0) is 30.0 Å². The van der Waals surface area contributed by atoms with Gasteiger partial charge in [0.15, 0.2) is 0 Å². The van der Waals surface area contributed by atoms with Gasteiger partial charge < -0.3 is 10.2 Å². The average Bonchev–Trinajstić information content (AvgIpc) is 2.45. The number of hydrogen-bond acceptors (Lipinski definition) is 2. The first-order valence-corrected chi connectivity index (χ1v) is 8.12. The highest BCUT2D eigenvalue weighted by Gasteiger charge is 2.28. The molecule has 0 radical (unpaired) electrons. The second-order valence-electron chi connectivity index (χ2n) is 5.54. The third-order valence-electron chi connectivity index (χ3n) is 4.16. The molecule has 1 aromatic carbocycles. The molecule has 1 saturated heterocycles. The predicted octanol–water partition coefficient (Wildman–Crippen LogP) is 3.19. The van der Waals surface area contributed by atoms with E-state index in [4.69, 9.17) is 0 Å². The molecule has 4 heteroatoms. The van der Waals surface area contributed by atoms with E-state index in [0.717, 1.165) is 36.9 Å². The Balaban J connectivity index is 1.90. The van der Waals surface area contributed by atoms with Gasteiger partial charge >= 0.3 is 0 Å². The number of benzene rings is 1. The van der Waals surface area contributed by atoms with E-state index in [1.807, 2.05) is 11.0 Å². The zero-order chi connectivity index (χ0) is 14.5. The van der Waals surface area contributed by atoms with Crippen LogP contribution in [0, 0.1) is 5.92 Å². The van der Waals surface area contributed by atoms with Crippen LogP contribution in [0.15, 0.2) is 28.7 Å². The van der Waals surface area contributed by atoms with E-state index in [0.29, 0.717) is 12.0 Å². The minimum atomic E-state index is 0.203. The Labute approximate surface area is 129 Å². The molecule has 110 valence electrons. The van der Waals surface area contributed by atoms with E-state index in [1.54, 1.807) is 6.92 Å². The number of rotatable bonds is 4. The summed E-state index contributed by atoms with van der Waals surface area (Å²) in [5.74, 6) is 0.758. The first kappa shape index (κ1) is 15.5. The number of piperidine rings is 1. The molecule has 1 N–H and O–H groups in total. The normalized spacial score (nSPS) is 22.9. The fourth-order valence-corrected chi connectivity index (χ4v) is 3.34. The van der Waals surface area contributed by atoms with Crippen LogP contribution in [0.2, 0.25) is 0 Å². The lowest BCUT2D eigenvalue weighted by Gasteiger charge is -2.38. The average molecular weight is 339 g/mol. The Morgan fingerprint density at radius 2 is 2.30 bits per heavy atom. The second-order valence-corrected chi connectivity index (χ2v) is 6.46. The lowest BCUT2D eigenvalue weighted by Crippen LogP contribution is -2.50. The van der Waals surface area contributed by atoms with Gasteiger partial charge in [0.05, 0.1) is 0 Å². The minimum absolute atomic E-state index is 0.203. The van der Waals surface area contributed by atoms with Gasteiger partial charge in [-0.15, -0.1) is 0 Å². The van der Waals surface area contributed by atoms with Gasteiger partial charge in [0.2, 0.25) is 5.91 Å². The largest absolute Gasteiger partial charge is 0.343 e. The van der Waals surface area contributed by atoms with Gasteiger partial charge in [-0.2, -0.15) is 0 Å². The van der Waals surface area contributed by atoms with Crippen molar-refractivity contribution in [2.75, 3.05) is 13.1 Å². The van der Waals surface area contributed by atoms with Gasteiger partial charge in [-0.25, -0.2) is 0 Å². The van der Waals surface area contributed by atoms with Crippen molar-refractivity contribution in [3.8, 4) is 0 Å². The van der Waals surface area contributed by atoms with Crippen LogP contribution in [-0.4, -0.2) is 29.9 Å². The Kier molecular flexibility index (Phi) is 5.61. The number of halogens is 1. The first-order valence-electron chi connectivity index (χ1n) is 7.33. The van der Waals surface area contributed by atoms with Crippen molar-refractivity contribution >= 4 is 21.8 Å². The third-order valence-corrected chi connectivity index (χ3v) is 4.65. The third kappa shape index (κ3) is 4.06. The Morgan fingerprint density at radius 1 is 1.50 bits per heavy atom. The van der Waals surface area contributed by atoms with Crippen molar-refractivity contribution in [2.24, 2.45) is 5.92 Å².